The number of hydrogen-bond donors (Lipinski definition) is 1. The Morgan fingerprint density at radius 3 is 2.94 bits per heavy atom. The van der Waals surface area contributed by atoms with Gasteiger partial charge in [0.05, 0.1) is 0 Å². The van der Waals surface area contributed by atoms with Crippen LogP contribution in [0, 0.1) is 11.7 Å². The molecule has 2 rings (SSSR count). The quantitative estimate of drug-likeness (QED) is 0.827. The van der Waals surface area contributed by atoms with Gasteiger partial charge in [-0.05, 0) is 43.4 Å². The molecule has 1 aromatic carbocycles. The Morgan fingerprint density at radius 2 is 2.29 bits per heavy atom. The molecule has 0 bridgehead atoms. The first-order valence-corrected chi connectivity index (χ1v) is 6.26. The van der Waals surface area contributed by atoms with Crippen LogP contribution in [0.1, 0.15) is 29.6 Å². The number of benzene rings is 1. The van der Waals surface area contributed by atoms with Gasteiger partial charge >= 0.3 is 0 Å². The lowest BCUT2D eigenvalue weighted by atomic mass is 10.1. The van der Waals surface area contributed by atoms with E-state index < -0.39 is 0 Å². The first kappa shape index (κ1) is 12.4. The minimum Gasteiger partial charge on any atom is -0.352 e. The predicted octanol–water partition coefficient (Wildman–Crippen LogP) is 2.96. The molecule has 0 radical (unpaired) electrons. The molecule has 0 aliphatic heterocycles. The summed E-state index contributed by atoms with van der Waals surface area (Å²) in [6, 6.07) is 5.71. The number of amides is 1. The maximum Gasteiger partial charge on any atom is 0.251 e. The van der Waals surface area contributed by atoms with Crippen LogP contribution in [0.5, 0.6) is 0 Å². The van der Waals surface area contributed by atoms with Gasteiger partial charge in [0.2, 0.25) is 0 Å². The molecule has 1 aliphatic rings. The third kappa shape index (κ3) is 3.43. The SMILES string of the molecule is O=C(NCC1CCC(Cl)C1)c1cccc(F)c1. The summed E-state index contributed by atoms with van der Waals surface area (Å²) in [7, 11) is 0. The second kappa shape index (κ2) is 5.50. The average Bonchev–Trinajstić information content (AvgIpc) is 2.72. The Labute approximate surface area is 105 Å². The highest BCUT2D eigenvalue weighted by Gasteiger charge is 2.23. The van der Waals surface area contributed by atoms with E-state index >= 15 is 0 Å². The lowest BCUT2D eigenvalue weighted by molar-refractivity contribution is 0.0947. The molecule has 2 atom stereocenters. The molecular weight excluding hydrogens is 241 g/mol. The molecule has 0 saturated heterocycles. The standard InChI is InChI=1S/C13H15ClFNO/c14-11-5-4-9(6-11)8-16-13(17)10-2-1-3-12(15)7-10/h1-3,7,9,11H,4-6,8H2,(H,16,17). The fourth-order valence-electron chi connectivity index (χ4n) is 2.17. The number of halogens is 2. The summed E-state index contributed by atoms with van der Waals surface area (Å²) in [5.74, 6) is -0.156. The van der Waals surface area contributed by atoms with E-state index in [0.29, 0.717) is 18.0 Å². The van der Waals surface area contributed by atoms with Gasteiger partial charge in [-0.15, -0.1) is 11.6 Å². The van der Waals surface area contributed by atoms with Crippen molar-refractivity contribution in [3.8, 4) is 0 Å². The van der Waals surface area contributed by atoms with E-state index in [4.69, 9.17) is 11.6 Å². The molecule has 0 spiro atoms. The molecule has 1 N–H and O–H groups in total. The lowest BCUT2D eigenvalue weighted by Crippen LogP contribution is -2.28. The van der Waals surface area contributed by atoms with E-state index in [0.717, 1.165) is 19.3 Å². The van der Waals surface area contributed by atoms with Crippen LogP contribution in [0.15, 0.2) is 24.3 Å². The van der Waals surface area contributed by atoms with Crippen molar-refractivity contribution in [1.29, 1.82) is 0 Å². The van der Waals surface area contributed by atoms with Crippen LogP contribution in [-0.2, 0) is 0 Å². The third-order valence-corrected chi connectivity index (χ3v) is 3.51. The Bertz CT molecular complexity index is 410. The summed E-state index contributed by atoms with van der Waals surface area (Å²) in [6.07, 6.45) is 3.02. The Balaban J connectivity index is 1.85. The van der Waals surface area contributed by atoms with Gasteiger partial charge in [0.15, 0.2) is 0 Å². The molecule has 1 fully saturated rings. The van der Waals surface area contributed by atoms with Crippen molar-refractivity contribution in [1.82, 2.24) is 5.32 Å². The smallest absolute Gasteiger partial charge is 0.251 e. The van der Waals surface area contributed by atoms with Gasteiger partial charge in [0.25, 0.3) is 5.91 Å². The van der Waals surface area contributed by atoms with E-state index in [2.05, 4.69) is 5.32 Å². The number of hydrogen-bond acceptors (Lipinski definition) is 1. The normalized spacial score (nSPS) is 23.6. The largest absolute Gasteiger partial charge is 0.352 e. The van der Waals surface area contributed by atoms with Crippen LogP contribution in [0.4, 0.5) is 4.39 Å². The predicted molar refractivity (Wildman–Crippen MR) is 65.7 cm³/mol. The summed E-state index contributed by atoms with van der Waals surface area (Å²) < 4.78 is 12.9. The third-order valence-electron chi connectivity index (χ3n) is 3.12. The molecule has 2 nitrogen and oxygen atoms in total. The van der Waals surface area contributed by atoms with E-state index in [9.17, 15) is 9.18 Å². The number of carbonyl (C=O) groups is 1. The van der Waals surface area contributed by atoms with Crippen LogP contribution >= 0.6 is 11.6 Å². The van der Waals surface area contributed by atoms with Gasteiger partial charge in [0, 0.05) is 17.5 Å². The highest BCUT2D eigenvalue weighted by atomic mass is 35.5. The first-order chi connectivity index (χ1) is 8.15. The van der Waals surface area contributed by atoms with Crippen molar-refractivity contribution in [3.05, 3.63) is 35.6 Å². The summed E-state index contributed by atoms with van der Waals surface area (Å²) in [4.78, 5) is 11.7. The second-order valence-corrected chi connectivity index (χ2v) is 5.11. The molecule has 1 amide bonds. The molecule has 1 saturated carbocycles. The van der Waals surface area contributed by atoms with Gasteiger partial charge < -0.3 is 5.32 Å². The topological polar surface area (TPSA) is 29.1 Å². The van der Waals surface area contributed by atoms with Gasteiger partial charge in [-0.25, -0.2) is 4.39 Å². The van der Waals surface area contributed by atoms with Gasteiger partial charge in [-0.2, -0.15) is 0 Å². The van der Waals surface area contributed by atoms with E-state index in [1.54, 1.807) is 6.07 Å². The van der Waals surface area contributed by atoms with Crippen molar-refractivity contribution in [2.75, 3.05) is 6.54 Å². The van der Waals surface area contributed by atoms with E-state index in [-0.39, 0.29) is 17.1 Å². The van der Waals surface area contributed by atoms with E-state index in [1.165, 1.54) is 18.2 Å². The van der Waals surface area contributed by atoms with Gasteiger partial charge in [-0.3, -0.25) is 4.79 Å². The van der Waals surface area contributed by atoms with Gasteiger partial charge in [0.1, 0.15) is 5.82 Å². The van der Waals surface area contributed by atoms with Crippen molar-refractivity contribution in [3.63, 3.8) is 0 Å². The Morgan fingerprint density at radius 1 is 1.47 bits per heavy atom. The minimum atomic E-state index is -0.390. The van der Waals surface area contributed by atoms with E-state index in [1.807, 2.05) is 0 Å². The van der Waals surface area contributed by atoms with Crippen LogP contribution in [0.25, 0.3) is 0 Å². The second-order valence-electron chi connectivity index (χ2n) is 4.50. The number of nitrogens with one attached hydrogen (secondary N) is 1. The zero-order chi connectivity index (χ0) is 12.3. The van der Waals surface area contributed by atoms with Crippen LogP contribution in [0.3, 0.4) is 0 Å². The first-order valence-electron chi connectivity index (χ1n) is 5.83. The lowest BCUT2D eigenvalue weighted by Gasteiger charge is -2.10. The summed E-state index contributed by atoms with van der Waals surface area (Å²) in [5, 5.41) is 3.07. The summed E-state index contributed by atoms with van der Waals surface area (Å²) in [5.41, 5.74) is 0.366. The Kier molecular flexibility index (Phi) is 4.00. The monoisotopic (exact) mass is 255 g/mol. The molecule has 92 valence electrons. The average molecular weight is 256 g/mol. The molecule has 2 unspecified atom stereocenters. The molecule has 0 heterocycles. The molecule has 1 aromatic rings. The number of rotatable bonds is 3. The summed E-state index contributed by atoms with van der Waals surface area (Å²) >= 11 is 6.00. The zero-order valence-corrected chi connectivity index (χ0v) is 10.2. The molecule has 4 heteroatoms. The van der Waals surface area contributed by atoms with Gasteiger partial charge in [-0.1, -0.05) is 6.07 Å². The van der Waals surface area contributed by atoms with Crippen molar-refractivity contribution < 1.29 is 9.18 Å². The number of carbonyl (C=O) groups excluding carboxylic acids is 1. The minimum absolute atomic E-state index is 0.220. The Hall–Kier alpha value is -1.09. The number of alkyl halides is 1. The van der Waals surface area contributed by atoms with Crippen LogP contribution < -0.4 is 5.32 Å². The van der Waals surface area contributed by atoms with Crippen LogP contribution in [0.2, 0.25) is 0 Å². The fraction of sp³-hybridized carbons (Fsp3) is 0.462. The highest BCUT2D eigenvalue weighted by molar-refractivity contribution is 6.20. The molecular formula is C13H15ClFNO. The van der Waals surface area contributed by atoms with Crippen molar-refractivity contribution >= 4 is 17.5 Å². The molecule has 0 aromatic heterocycles. The van der Waals surface area contributed by atoms with Crippen molar-refractivity contribution in [2.24, 2.45) is 5.92 Å². The maximum absolute atomic E-state index is 12.9. The highest BCUT2D eigenvalue weighted by Crippen LogP contribution is 2.28. The fourth-order valence-corrected chi connectivity index (χ4v) is 2.55. The van der Waals surface area contributed by atoms with Crippen LogP contribution in [-0.4, -0.2) is 17.8 Å². The summed E-state index contributed by atoms with van der Waals surface area (Å²) in [6.45, 7) is 0.624. The molecule has 17 heavy (non-hydrogen) atoms. The molecule has 1 aliphatic carbocycles. The van der Waals surface area contributed by atoms with Crippen molar-refractivity contribution in [2.45, 2.75) is 24.6 Å². The zero-order valence-electron chi connectivity index (χ0n) is 9.46. The maximum atomic E-state index is 12.9.